The first-order valence-corrected chi connectivity index (χ1v) is 7.52. The molecule has 2 rings (SSSR count). The lowest BCUT2D eigenvalue weighted by Crippen LogP contribution is -2.52. The summed E-state index contributed by atoms with van der Waals surface area (Å²) in [7, 11) is 3.39. The van der Waals surface area contributed by atoms with Crippen LogP contribution in [0.1, 0.15) is 12.5 Å². The minimum atomic E-state index is -0.275. The van der Waals surface area contributed by atoms with Crippen LogP contribution in [0.3, 0.4) is 0 Å². The minimum Gasteiger partial charge on any atom is -0.494 e. The molecule has 0 aliphatic carbocycles. The average Bonchev–Trinajstić information content (AvgIpc) is 2.54. The molecule has 0 spiro atoms. The molecule has 0 radical (unpaired) electrons. The Morgan fingerprint density at radius 3 is 3.00 bits per heavy atom. The molecule has 0 bridgehead atoms. The van der Waals surface area contributed by atoms with Gasteiger partial charge in [0.15, 0.2) is 11.6 Å². The molecule has 2 unspecified atom stereocenters. The quantitative estimate of drug-likeness (QED) is 0.866. The van der Waals surface area contributed by atoms with Crippen molar-refractivity contribution >= 4 is 0 Å². The Hall–Kier alpha value is -1.17. The number of methoxy groups -OCH3 is 1. The fourth-order valence-electron chi connectivity index (χ4n) is 2.79. The fraction of sp³-hybridized carbons (Fsp3) is 0.625. The molecule has 1 aliphatic heterocycles. The number of hydrogen-bond donors (Lipinski definition) is 1. The Labute approximate surface area is 126 Å². The van der Waals surface area contributed by atoms with Gasteiger partial charge in [0.25, 0.3) is 0 Å². The number of rotatable bonds is 6. The van der Waals surface area contributed by atoms with E-state index in [0.29, 0.717) is 17.7 Å². The molecule has 0 aromatic heterocycles. The van der Waals surface area contributed by atoms with Gasteiger partial charge in [-0.25, -0.2) is 4.39 Å². The van der Waals surface area contributed by atoms with Crippen molar-refractivity contribution in [3.63, 3.8) is 0 Å². The van der Waals surface area contributed by atoms with Crippen molar-refractivity contribution in [2.24, 2.45) is 0 Å². The number of likely N-dealkylation sites (N-methyl/N-ethyl adjacent to an activating group) is 2. The molecule has 1 N–H and O–H groups in total. The van der Waals surface area contributed by atoms with Crippen LogP contribution in [0.15, 0.2) is 18.2 Å². The number of benzene rings is 1. The standard InChI is InChI=1S/C16H25FN2O2/c1-4-19-8-9-21-15(11-19)13(18-2)10-12-6-5-7-14(20-3)16(12)17/h5-7,13,15,18H,4,8-11H2,1-3H3. The van der Waals surface area contributed by atoms with E-state index in [-0.39, 0.29) is 18.0 Å². The van der Waals surface area contributed by atoms with Crippen molar-refractivity contribution in [3.05, 3.63) is 29.6 Å². The zero-order valence-electron chi connectivity index (χ0n) is 13.1. The van der Waals surface area contributed by atoms with Gasteiger partial charge in [-0.1, -0.05) is 19.1 Å². The zero-order valence-corrected chi connectivity index (χ0v) is 13.1. The van der Waals surface area contributed by atoms with Crippen molar-refractivity contribution in [1.82, 2.24) is 10.2 Å². The summed E-state index contributed by atoms with van der Waals surface area (Å²) < 4.78 is 25.2. The lowest BCUT2D eigenvalue weighted by atomic mass is 9.99. The van der Waals surface area contributed by atoms with Gasteiger partial charge in [0, 0.05) is 19.1 Å². The smallest absolute Gasteiger partial charge is 0.168 e. The number of hydrogen-bond acceptors (Lipinski definition) is 4. The van der Waals surface area contributed by atoms with E-state index in [2.05, 4.69) is 17.1 Å². The summed E-state index contributed by atoms with van der Waals surface area (Å²) in [5, 5.41) is 3.27. The monoisotopic (exact) mass is 296 g/mol. The minimum absolute atomic E-state index is 0.0781. The highest BCUT2D eigenvalue weighted by molar-refractivity contribution is 5.31. The van der Waals surface area contributed by atoms with Crippen LogP contribution in [0.25, 0.3) is 0 Å². The highest BCUT2D eigenvalue weighted by atomic mass is 19.1. The lowest BCUT2D eigenvalue weighted by Gasteiger charge is -2.36. The van der Waals surface area contributed by atoms with Crippen LogP contribution in [0.4, 0.5) is 4.39 Å². The average molecular weight is 296 g/mol. The zero-order chi connectivity index (χ0) is 15.2. The van der Waals surface area contributed by atoms with Crippen molar-refractivity contribution < 1.29 is 13.9 Å². The molecule has 1 aliphatic rings. The van der Waals surface area contributed by atoms with E-state index in [9.17, 15) is 4.39 Å². The second kappa shape index (κ2) is 7.73. The second-order valence-corrected chi connectivity index (χ2v) is 5.34. The summed E-state index contributed by atoms with van der Waals surface area (Å²) in [4.78, 5) is 2.36. The van der Waals surface area contributed by atoms with Gasteiger partial charge in [0.05, 0.1) is 19.8 Å². The highest BCUT2D eigenvalue weighted by Gasteiger charge is 2.27. The van der Waals surface area contributed by atoms with Gasteiger partial charge in [-0.3, -0.25) is 4.90 Å². The summed E-state index contributed by atoms with van der Waals surface area (Å²) >= 11 is 0. The van der Waals surface area contributed by atoms with Crippen molar-refractivity contribution in [3.8, 4) is 5.75 Å². The molecule has 118 valence electrons. The van der Waals surface area contributed by atoms with Gasteiger partial charge in [-0.15, -0.1) is 0 Å². The number of nitrogens with zero attached hydrogens (tertiary/aromatic N) is 1. The van der Waals surface area contributed by atoms with Crippen molar-refractivity contribution in [1.29, 1.82) is 0 Å². The van der Waals surface area contributed by atoms with E-state index in [1.165, 1.54) is 7.11 Å². The molecule has 1 heterocycles. The predicted octanol–water partition coefficient (Wildman–Crippen LogP) is 1.69. The normalized spacial score (nSPS) is 21.2. The Bertz CT molecular complexity index is 456. The van der Waals surface area contributed by atoms with Crippen LogP contribution >= 0.6 is 0 Å². The molecule has 1 aromatic carbocycles. The van der Waals surface area contributed by atoms with E-state index < -0.39 is 0 Å². The van der Waals surface area contributed by atoms with Gasteiger partial charge >= 0.3 is 0 Å². The fourth-order valence-corrected chi connectivity index (χ4v) is 2.79. The molecule has 4 nitrogen and oxygen atoms in total. The van der Waals surface area contributed by atoms with Crippen LogP contribution in [-0.2, 0) is 11.2 Å². The number of halogens is 1. The molecular weight excluding hydrogens is 271 g/mol. The predicted molar refractivity (Wildman–Crippen MR) is 81.4 cm³/mol. The summed E-state index contributed by atoms with van der Waals surface area (Å²) in [5.74, 6) is 0.0190. The maximum Gasteiger partial charge on any atom is 0.168 e. The first-order valence-electron chi connectivity index (χ1n) is 7.52. The molecular formula is C16H25FN2O2. The second-order valence-electron chi connectivity index (χ2n) is 5.34. The maximum absolute atomic E-state index is 14.3. The van der Waals surface area contributed by atoms with Gasteiger partial charge in [0.1, 0.15) is 0 Å². The molecule has 0 amide bonds. The Morgan fingerprint density at radius 2 is 2.33 bits per heavy atom. The van der Waals surface area contributed by atoms with E-state index in [4.69, 9.17) is 9.47 Å². The van der Waals surface area contributed by atoms with Crippen LogP contribution in [0, 0.1) is 5.82 Å². The third-order valence-corrected chi connectivity index (χ3v) is 4.15. The lowest BCUT2D eigenvalue weighted by molar-refractivity contribution is -0.0437. The molecule has 2 atom stereocenters. The molecule has 5 heteroatoms. The molecule has 1 fully saturated rings. The van der Waals surface area contributed by atoms with Gasteiger partial charge in [-0.2, -0.15) is 0 Å². The van der Waals surface area contributed by atoms with Crippen molar-refractivity contribution in [2.75, 3.05) is 40.4 Å². The third-order valence-electron chi connectivity index (χ3n) is 4.15. The summed E-state index contributed by atoms with van der Waals surface area (Å²) in [6, 6.07) is 5.36. The number of morpholine rings is 1. The topological polar surface area (TPSA) is 33.7 Å². The van der Waals surface area contributed by atoms with Gasteiger partial charge < -0.3 is 14.8 Å². The summed E-state index contributed by atoms with van der Waals surface area (Å²) in [6.07, 6.45) is 0.663. The van der Waals surface area contributed by atoms with Crippen molar-refractivity contribution in [2.45, 2.75) is 25.5 Å². The maximum atomic E-state index is 14.3. The summed E-state index contributed by atoms with van der Waals surface area (Å²) in [5.41, 5.74) is 0.658. The van der Waals surface area contributed by atoms with E-state index in [1.54, 1.807) is 6.07 Å². The Morgan fingerprint density at radius 1 is 1.52 bits per heavy atom. The SMILES string of the molecule is CCN1CCOC(C(Cc2cccc(OC)c2F)NC)C1. The van der Waals surface area contributed by atoms with Crippen LogP contribution in [-0.4, -0.2) is 57.4 Å². The number of nitrogens with one attached hydrogen (secondary N) is 1. The third kappa shape index (κ3) is 3.93. The molecule has 0 saturated carbocycles. The van der Waals surface area contributed by atoms with Crippen LogP contribution in [0.5, 0.6) is 5.75 Å². The van der Waals surface area contributed by atoms with E-state index >= 15 is 0 Å². The van der Waals surface area contributed by atoms with Crippen LogP contribution < -0.4 is 10.1 Å². The van der Waals surface area contributed by atoms with Gasteiger partial charge in [0.2, 0.25) is 0 Å². The Kier molecular flexibility index (Phi) is 5.96. The largest absolute Gasteiger partial charge is 0.494 e. The summed E-state index contributed by atoms with van der Waals surface area (Å²) in [6.45, 7) is 5.75. The van der Waals surface area contributed by atoms with Crippen LogP contribution in [0.2, 0.25) is 0 Å². The first kappa shape index (κ1) is 16.2. The first-order chi connectivity index (χ1) is 10.2. The highest BCUT2D eigenvalue weighted by Crippen LogP contribution is 2.22. The number of ether oxygens (including phenoxy) is 2. The Balaban J connectivity index is 2.08. The van der Waals surface area contributed by atoms with Gasteiger partial charge in [-0.05, 0) is 31.6 Å². The molecule has 1 saturated heterocycles. The molecule has 1 aromatic rings. The van der Waals surface area contributed by atoms with E-state index in [1.807, 2.05) is 19.2 Å². The molecule has 21 heavy (non-hydrogen) atoms. The van der Waals surface area contributed by atoms with E-state index in [0.717, 1.165) is 26.2 Å².